The Kier molecular flexibility index (Phi) is 8.93. The Bertz CT molecular complexity index is 3670. The number of nitrogens with zero attached hydrogens (tertiary/aromatic N) is 2. The highest BCUT2D eigenvalue weighted by atomic mass is 16.3. The Labute approximate surface area is 400 Å². The van der Waals surface area contributed by atoms with Gasteiger partial charge in [-0.3, -0.25) is 0 Å². The van der Waals surface area contributed by atoms with Crippen LogP contribution in [0.2, 0.25) is 0 Å². The van der Waals surface area contributed by atoms with Crippen molar-refractivity contribution in [3.63, 3.8) is 0 Å². The van der Waals surface area contributed by atoms with E-state index < -0.39 is 0 Å². The molecule has 0 radical (unpaired) electrons. The summed E-state index contributed by atoms with van der Waals surface area (Å²) < 4.78 is 7.14. The van der Waals surface area contributed by atoms with Gasteiger partial charge in [0.15, 0.2) is 5.58 Å². The molecule has 3 nitrogen and oxygen atoms in total. The molecule has 0 bridgehead atoms. The smallest absolute Gasteiger partial charge is 0.160 e. The number of para-hydroxylation sites is 1. The second kappa shape index (κ2) is 14.9. The zero-order valence-corrected chi connectivity index (χ0v) is 39.7. The summed E-state index contributed by atoms with van der Waals surface area (Å²) in [5.41, 5.74) is 27.4. The molecule has 1 heterocycles. The van der Waals surface area contributed by atoms with E-state index in [1.54, 1.807) is 0 Å². The second-order valence-electron chi connectivity index (χ2n) is 21.3. The van der Waals surface area contributed by atoms with E-state index in [0.717, 1.165) is 58.6 Å². The Morgan fingerprint density at radius 1 is 0.382 bits per heavy atom. The molecule has 0 amide bonds. The maximum atomic E-state index is 7.14. The van der Waals surface area contributed by atoms with Crippen LogP contribution in [-0.2, 0) is 30.1 Å². The Hall–Kier alpha value is -7.62. The Morgan fingerprint density at radius 3 is 1.50 bits per heavy atom. The van der Waals surface area contributed by atoms with E-state index in [9.17, 15) is 0 Å². The van der Waals surface area contributed by atoms with Gasteiger partial charge >= 0.3 is 0 Å². The standard InChI is InChI=1S/C65H54N2O/c1-64(2,3)44-25-29-46(30-26-44)66(57-22-13-20-52-49-17-9-7-15-40(49)37-55(52)57)48-33-34-51-42(36-48)35-43-39-59(63-62(61(43)51)54-19-11-12-24-60(54)68-63)67(47-31-27-45(28-32-47)65(4,5)6)58-23-14-21-53-50-18-10-8-16-41(50)38-56(53)58/h7-34,36,39H,35,37-38H2,1-6H3. The first kappa shape index (κ1) is 40.6. The van der Waals surface area contributed by atoms with Gasteiger partial charge in [-0.15, -0.1) is 0 Å². The van der Waals surface area contributed by atoms with Crippen LogP contribution in [0.1, 0.15) is 86.1 Å². The molecule has 330 valence electrons. The zero-order chi connectivity index (χ0) is 46.1. The Balaban J connectivity index is 1.00. The lowest BCUT2D eigenvalue weighted by Crippen LogP contribution is -2.14. The topological polar surface area (TPSA) is 19.6 Å². The van der Waals surface area contributed by atoms with E-state index in [1.807, 2.05) is 0 Å². The minimum absolute atomic E-state index is 0.0280. The van der Waals surface area contributed by atoms with Crippen LogP contribution in [0.5, 0.6) is 0 Å². The van der Waals surface area contributed by atoms with Crippen LogP contribution in [0.25, 0.3) is 55.3 Å². The first-order valence-corrected chi connectivity index (χ1v) is 24.3. The van der Waals surface area contributed by atoms with Crippen molar-refractivity contribution in [2.45, 2.75) is 71.6 Å². The molecule has 0 N–H and O–H groups in total. The maximum absolute atomic E-state index is 7.14. The fourth-order valence-corrected chi connectivity index (χ4v) is 11.6. The van der Waals surface area contributed by atoms with Gasteiger partial charge in [0.05, 0.1) is 17.1 Å². The van der Waals surface area contributed by atoms with Gasteiger partial charge in [0.1, 0.15) is 5.58 Å². The molecule has 9 aromatic carbocycles. The summed E-state index contributed by atoms with van der Waals surface area (Å²) in [6, 6.07) is 68.3. The van der Waals surface area contributed by atoms with Crippen LogP contribution in [0.15, 0.2) is 186 Å². The van der Waals surface area contributed by atoms with Gasteiger partial charge in [-0.25, -0.2) is 0 Å². The third kappa shape index (κ3) is 6.32. The van der Waals surface area contributed by atoms with Crippen LogP contribution >= 0.6 is 0 Å². The molecule has 0 saturated carbocycles. The van der Waals surface area contributed by atoms with Crippen molar-refractivity contribution >= 4 is 56.1 Å². The average molecular weight is 879 g/mol. The van der Waals surface area contributed by atoms with Crippen molar-refractivity contribution in [1.82, 2.24) is 0 Å². The summed E-state index contributed by atoms with van der Waals surface area (Å²) in [4.78, 5) is 5.00. The van der Waals surface area contributed by atoms with Crippen LogP contribution in [0.3, 0.4) is 0 Å². The first-order valence-electron chi connectivity index (χ1n) is 24.3. The van der Waals surface area contributed by atoms with E-state index in [0.29, 0.717) is 0 Å². The molecule has 0 saturated heterocycles. The van der Waals surface area contributed by atoms with E-state index in [4.69, 9.17) is 4.42 Å². The lowest BCUT2D eigenvalue weighted by atomic mass is 9.87. The molecule has 68 heavy (non-hydrogen) atoms. The minimum Gasteiger partial charge on any atom is -0.454 e. The fourth-order valence-electron chi connectivity index (χ4n) is 11.6. The summed E-state index contributed by atoms with van der Waals surface area (Å²) in [6.45, 7) is 13.7. The normalized spacial score (nSPS) is 13.3. The van der Waals surface area contributed by atoms with Crippen molar-refractivity contribution in [2.75, 3.05) is 9.80 Å². The minimum atomic E-state index is 0.0280. The van der Waals surface area contributed by atoms with Gasteiger partial charge in [-0.2, -0.15) is 0 Å². The lowest BCUT2D eigenvalue weighted by molar-refractivity contribution is 0.590. The first-order chi connectivity index (χ1) is 33.0. The van der Waals surface area contributed by atoms with Gasteiger partial charge in [-0.05, 0) is 156 Å². The SMILES string of the molecule is CC(C)(C)c1ccc(N(c2ccc3c(c2)Cc2cc(N(c4ccc(C(C)(C)C)cc4)c4cccc5c4Cc4ccccc4-5)c4oc5ccccc5c4c2-3)c2cccc3c2Cc2ccccc2-3)cc1. The van der Waals surface area contributed by atoms with E-state index in [2.05, 4.69) is 233 Å². The van der Waals surface area contributed by atoms with Crippen molar-refractivity contribution < 1.29 is 4.42 Å². The van der Waals surface area contributed by atoms with Crippen LogP contribution in [0, 0.1) is 0 Å². The van der Waals surface area contributed by atoms with Crippen LogP contribution in [0.4, 0.5) is 34.1 Å². The molecule has 0 unspecified atom stereocenters. The van der Waals surface area contributed by atoms with Crippen molar-refractivity contribution in [3.8, 4) is 33.4 Å². The van der Waals surface area contributed by atoms with E-state index >= 15 is 0 Å². The van der Waals surface area contributed by atoms with Gasteiger partial charge in [0, 0.05) is 40.7 Å². The molecule has 0 atom stereocenters. The largest absolute Gasteiger partial charge is 0.454 e. The summed E-state index contributed by atoms with van der Waals surface area (Å²) in [5, 5.41) is 2.33. The monoisotopic (exact) mass is 878 g/mol. The summed E-state index contributed by atoms with van der Waals surface area (Å²) in [7, 11) is 0. The average Bonchev–Trinajstić information content (AvgIpc) is 4.12. The second-order valence-corrected chi connectivity index (χ2v) is 21.3. The number of benzene rings is 9. The number of hydrogen-bond donors (Lipinski definition) is 0. The van der Waals surface area contributed by atoms with E-state index in [-0.39, 0.29) is 10.8 Å². The van der Waals surface area contributed by atoms with Gasteiger partial charge in [-0.1, -0.05) is 163 Å². The van der Waals surface area contributed by atoms with E-state index in [1.165, 1.54) is 94.6 Å². The molecule has 3 heteroatoms. The summed E-state index contributed by atoms with van der Waals surface area (Å²) in [5.74, 6) is 0. The molecule has 0 aliphatic heterocycles. The molecule has 0 spiro atoms. The molecule has 3 aliphatic carbocycles. The summed E-state index contributed by atoms with van der Waals surface area (Å²) >= 11 is 0. The molecule has 0 fully saturated rings. The predicted octanol–water partition coefficient (Wildman–Crippen LogP) is 17.8. The van der Waals surface area contributed by atoms with Gasteiger partial charge in [0.25, 0.3) is 0 Å². The Morgan fingerprint density at radius 2 is 0.897 bits per heavy atom. The molecular formula is C65H54N2O. The van der Waals surface area contributed by atoms with Crippen molar-refractivity contribution in [3.05, 3.63) is 226 Å². The number of anilines is 6. The lowest BCUT2D eigenvalue weighted by Gasteiger charge is -2.29. The maximum Gasteiger partial charge on any atom is 0.160 e. The highest BCUT2D eigenvalue weighted by Gasteiger charge is 2.33. The molecule has 1 aromatic heterocycles. The van der Waals surface area contributed by atoms with Crippen LogP contribution < -0.4 is 9.80 Å². The van der Waals surface area contributed by atoms with Gasteiger partial charge < -0.3 is 14.2 Å². The molecule has 13 rings (SSSR count). The van der Waals surface area contributed by atoms with Crippen LogP contribution in [-0.4, -0.2) is 0 Å². The third-order valence-corrected chi connectivity index (χ3v) is 15.1. The highest BCUT2D eigenvalue weighted by Crippen LogP contribution is 2.54. The molecule has 10 aromatic rings. The predicted molar refractivity (Wildman–Crippen MR) is 285 cm³/mol. The third-order valence-electron chi connectivity index (χ3n) is 15.1. The molecular weight excluding hydrogens is 825 g/mol. The fraction of sp³-hybridized carbons (Fsp3) is 0.169. The zero-order valence-electron chi connectivity index (χ0n) is 39.7. The number of rotatable bonds is 6. The quantitative estimate of drug-likeness (QED) is 0.166. The van der Waals surface area contributed by atoms with Gasteiger partial charge in [0.2, 0.25) is 0 Å². The summed E-state index contributed by atoms with van der Waals surface area (Å²) in [6.07, 6.45) is 2.60. The number of fused-ring (bicyclic) bond motifs is 13. The highest BCUT2D eigenvalue weighted by molar-refractivity contribution is 6.19. The molecule has 3 aliphatic rings. The number of hydrogen-bond acceptors (Lipinski definition) is 3. The van der Waals surface area contributed by atoms with Crippen molar-refractivity contribution in [2.24, 2.45) is 0 Å². The number of furan rings is 1. The van der Waals surface area contributed by atoms with Crippen molar-refractivity contribution in [1.29, 1.82) is 0 Å².